The van der Waals surface area contributed by atoms with Crippen molar-refractivity contribution in [3.63, 3.8) is 0 Å². The minimum absolute atomic E-state index is 0.0541. The second-order valence-corrected chi connectivity index (χ2v) is 8.75. The first-order chi connectivity index (χ1) is 14.9. The molecule has 2 aromatic rings. The Balaban J connectivity index is 2.00. The molecule has 2 amide bonds. The van der Waals surface area contributed by atoms with E-state index in [1.807, 2.05) is 0 Å². The number of hydrogen-bond donors (Lipinski definition) is 0. The van der Waals surface area contributed by atoms with Crippen LogP contribution in [-0.2, 0) is 19.6 Å². The number of carbonyl (C=O) groups is 2. The molecule has 1 fully saturated rings. The van der Waals surface area contributed by atoms with E-state index in [0.29, 0.717) is 37.7 Å². The smallest absolute Gasteiger partial charge is 0.264 e. The van der Waals surface area contributed by atoms with Crippen LogP contribution in [0.15, 0.2) is 53.4 Å². The monoisotopic (exact) mass is 447 g/mol. The summed E-state index contributed by atoms with van der Waals surface area (Å²) in [5, 5.41) is 0. The Kier molecular flexibility index (Phi) is 7.01. The van der Waals surface area contributed by atoms with E-state index in [0.717, 1.165) is 10.7 Å². The van der Waals surface area contributed by atoms with Crippen molar-refractivity contribution in [2.75, 3.05) is 51.2 Å². The molecule has 0 saturated carbocycles. The van der Waals surface area contributed by atoms with E-state index in [-0.39, 0.29) is 16.5 Å². The molecule has 1 saturated heterocycles. The average Bonchev–Trinajstić information content (AvgIpc) is 2.82. The number of amides is 2. The molecule has 0 unspecified atom stereocenters. The topological polar surface area (TPSA) is 96.5 Å². The molecule has 166 valence electrons. The van der Waals surface area contributed by atoms with Gasteiger partial charge in [0.15, 0.2) is 0 Å². The molecule has 3 rings (SSSR count). The number of sulfonamides is 1. The Labute approximate surface area is 181 Å². The highest BCUT2D eigenvalue weighted by Crippen LogP contribution is 2.35. The summed E-state index contributed by atoms with van der Waals surface area (Å²) >= 11 is 0. The fraction of sp³-hybridized carbons (Fsp3) is 0.333. The maximum absolute atomic E-state index is 13.5. The summed E-state index contributed by atoms with van der Waals surface area (Å²) in [7, 11) is -1.18. The lowest BCUT2D eigenvalue weighted by Crippen LogP contribution is -2.51. The van der Waals surface area contributed by atoms with Gasteiger partial charge in [0.1, 0.15) is 18.0 Å². The van der Waals surface area contributed by atoms with Gasteiger partial charge in [-0.15, -0.1) is 0 Å². The van der Waals surface area contributed by atoms with Crippen LogP contribution in [-0.4, -0.2) is 77.5 Å². The number of piperazine rings is 1. The number of rotatable bonds is 8. The van der Waals surface area contributed by atoms with E-state index in [1.54, 1.807) is 40.1 Å². The summed E-state index contributed by atoms with van der Waals surface area (Å²) in [5.41, 5.74) is 0.200. The number of ether oxygens (including phenoxy) is 2. The van der Waals surface area contributed by atoms with Crippen molar-refractivity contribution < 1.29 is 27.5 Å². The van der Waals surface area contributed by atoms with Gasteiger partial charge in [-0.3, -0.25) is 13.9 Å². The number of methoxy groups -OCH3 is 2. The molecule has 0 atom stereocenters. The average molecular weight is 448 g/mol. The first-order valence-electron chi connectivity index (χ1n) is 9.67. The maximum Gasteiger partial charge on any atom is 0.264 e. The van der Waals surface area contributed by atoms with Gasteiger partial charge >= 0.3 is 0 Å². The highest BCUT2D eigenvalue weighted by Gasteiger charge is 2.32. The predicted molar refractivity (Wildman–Crippen MR) is 115 cm³/mol. The number of benzene rings is 2. The van der Waals surface area contributed by atoms with Crippen molar-refractivity contribution in [3.05, 3.63) is 48.5 Å². The fourth-order valence-electron chi connectivity index (χ4n) is 3.31. The maximum atomic E-state index is 13.5. The van der Waals surface area contributed by atoms with Gasteiger partial charge in [-0.1, -0.05) is 18.2 Å². The molecular weight excluding hydrogens is 422 g/mol. The van der Waals surface area contributed by atoms with E-state index < -0.39 is 16.6 Å². The number of nitrogens with zero attached hydrogens (tertiary/aromatic N) is 3. The van der Waals surface area contributed by atoms with Gasteiger partial charge in [-0.2, -0.15) is 0 Å². The van der Waals surface area contributed by atoms with Crippen LogP contribution in [0.25, 0.3) is 0 Å². The molecular formula is C21H25N3O6S. The normalized spacial score (nSPS) is 14.1. The van der Waals surface area contributed by atoms with Crippen LogP contribution in [0.3, 0.4) is 0 Å². The van der Waals surface area contributed by atoms with Crippen molar-refractivity contribution >= 4 is 28.0 Å². The highest BCUT2D eigenvalue weighted by molar-refractivity contribution is 7.92. The third-order valence-corrected chi connectivity index (χ3v) is 6.85. The SMILES string of the molecule is COc1ccc(OC)c(N(CC(=O)N2CCN(C=O)CC2)S(=O)(=O)c2ccccc2)c1. The summed E-state index contributed by atoms with van der Waals surface area (Å²) < 4.78 is 38.7. The van der Waals surface area contributed by atoms with Gasteiger partial charge in [0.2, 0.25) is 12.3 Å². The lowest BCUT2D eigenvalue weighted by atomic mass is 10.2. The molecule has 0 aliphatic carbocycles. The van der Waals surface area contributed by atoms with Crippen molar-refractivity contribution in [2.24, 2.45) is 0 Å². The largest absolute Gasteiger partial charge is 0.497 e. The van der Waals surface area contributed by atoms with Crippen LogP contribution in [0.4, 0.5) is 5.69 Å². The second kappa shape index (κ2) is 9.69. The van der Waals surface area contributed by atoms with Crippen molar-refractivity contribution in [1.29, 1.82) is 0 Å². The molecule has 0 radical (unpaired) electrons. The third kappa shape index (κ3) is 4.91. The van der Waals surface area contributed by atoms with Crippen LogP contribution >= 0.6 is 0 Å². The molecule has 0 aromatic heterocycles. The summed E-state index contributed by atoms with van der Waals surface area (Å²) in [4.78, 5) is 27.2. The van der Waals surface area contributed by atoms with Crippen molar-refractivity contribution in [2.45, 2.75) is 4.90 Å². The van der Waals surface area contributed by atoms with E-state index in [9.17, 15) is 18.0 Å². The molecule has 2 aromatic carbocycles. The standard InChI is InChI=1S/C21H25N3O6S/c1-29-17-8-9-20(30-2)19(14-17)24(31(27,28)18-6-4-3-5-7-18)15-21(26)23-12-10-22(16-25)11-13-23/h3-9,14,16H,10-13,15H2,1-2H3. The lowest BCUT2D eigenvalue weighted by Gasteiger charge is -2.34. The molecule has 1 heterocycles. The van der Waals surface area contributed by atoms with Crippen LogP contribution in [0.1, 0.15) is 0 Å². The van der Waals surface area contributed by atoms with E-state index in [2.05, 4.69) is 0 Å². The van der Waals surface area contributed by atoms with Crippen LogP contribution < -0.4 is 13.8 Å². The van der Waals surface area contributed by atoms with E-state index in [4.69, 9.17) is 9.47 Å². The minimum atomic E-state index is -4.08. The van der Waals surface area contributed by atoms with Gasteiger partial charge in [-0.25, -0.2) is 8.42 Å². The van der Waals surface area contributed by atoms with Gasteiger partial charge in [0.25, 0.3) is 10.0 Å². The summed E-state index contributed by atoms with van der Waals surface area (Å²) in [5.74, 6) is 0.352. The Morgan fingerprint density at radius 1 is 1.03 bits per heavy atom. The zero-order valence-corrected chi connectivity index (χ0v) is 18.2. The molecule has 1 aliphatic heterocycles. The molecule has 31 heavy (non-hydrogen) atoms. The van der Waals surface area contributed by atoms with Crippen molar-refractivity contribution in [1.82, 2.24) is 9.80 Å². The summed E-state index contributed by atoms with van der Waals surface area (Å²) in [6, 6.07) is 12.7. The molecule has 9 nitrogen and oxygen atoms in total. The highest BCUT2D eigenvalue weighted by atomic mass is 32.2. The summed E-state index contributed by atoms with van der Waals surface area (Å²) in [6.07, 6.45) is 0.745. The first kappa shape index (κ1) is 22.4. The second-order valence-electron chi connectivity index (χ2n) is 6.88. The quantitative estimate of drug-likeness (QED) is 0.564. The van der Waals surface area contributed by atoms with Gasteiger partial charge in [-0.05, 0) is 24.3 Å². The van der Waals surface area contributed by atoms with Crippen molar-refractivity contribution in [3.8, 4) is 11.5 Å². The van der Waals surface area contributed by atoms with Gasteiger partial charge < -0.3 is 19.3 Å². The van der Waals surface area contributed by atoms with Crippen LogP contribution in [0, 0.1) is 0 Å². The Morgan fingerprint density at radius 2 is 1.71 bits per heavy atom. The zero-order valence-electron chi connectivity index (χ0n) is 17.4. The first-order valence-corrected chi connectivity index (χ1v) is 11.1. The fourth-order valence-corrected chi connectivity index (χ4v) is 4.75. The molecule has 0 N–H and O–H groups in total. The van der Waals surface area contributed by atoms with Crippen LogP contribution in [0.5, 0.6) is 11.5 Å². The number of carbonyl (C=O) groups excluding carboxylic acids is 2. The summed E-state index contributed by atoms with van der Waals surface area (Å²) in [6.45, 7) is 1.08. The Hall–Kier alpha value is -3.27. The van der Waals surface area contributed by atoms with E-state index in [1.165, 1.54) is 32.4 Å². The van der Waals surface area contributed by atoms with Crippen LogP contribution in [0.2, 0.25) is 0 Å². The lowest BCUT2D eigenvalue weighted by molar-refractivity contribution is -0.133. The third-order valence-electron chi connectivity index (χ3n) is 5.08. The van der Waals surface area contributed by atoms with Gasteiger partial charge in [0.05, 0.1) is 24.8 Å². The minimum Gasteiger partial charge on any atom is -0.497 e. The molecule has 1 aliphatic rings. The Bertz CT molecular complexity index is 1020. The Morgan fingerprint density at radius 3 is 2.29 bits per heavy atom. The predicted octanol–water partition coefficient (Wildman–Crippen LogP) is 1.20. The van der Waals surface area contributed by atoms with Gasteiger partial charge in [0, 0.05) is 32.2 Å². The number of anilines is 1. The molecule has 0 bridgehead atoms. The molecule has 10 heteroatoms. The van der Waals surface area contributed by atoms with E-state index >= 15 is 0 Å². The molecule has 0 spiro atoms. The number of hydrogen-bond acceptors (Lipinski definition) is 6. The zero-order chi connectivity index (χ0) is 22.4.